The molecule has 3 N–H and O–H groups in total. The molecule has 0 aliphatic heterocycles. The molecule has 26 heavy (non-hydrogen) atoms. The van der Waals surface area contributed by atoms with E-state index in [-0.39, 0.29) is 11.4 Å². The van der Waals surface area contributed by atoms with Crippen LogP contribution in [0.25, 0.3) is 22.4 Å². The zero-order chi connectivity index (χ0) is 18.3. The first-order chi connectivity index (χ1) is 12.5. The van der Waals surface area contributed by atoms with Gasteiger partial charge in [0, 0.05) is 17.8 Å². The van der Waals surface area contributed by atoms with E-state index in [9.17, 15) is 9.59 Å². The predicted octanol–water partition coefficient (Wildman–Crippen LogP) is 3.12. The lowest BCUT2D eigenvalue weighted by Crippen LogP contribution is -2.13. The minimum absolute atomic E-state index is 0.0919. The number of para-hydroxylation sites is 1. The highest BCUT2D eigenvalue weighted by Crippen LogP contribution is 2.27. The van der Waals surface area contributed by atoms with Crippen molar-refractivity contribution in [3.63, 3.8) is 0 Å². The van der Waals surface area contributed by atoms with Gasteiger partial charge in [-0.05, 0) is 25.1 Å². The number of aromatic nitrogens is 4. The van der Waals surface area contributed by atoms with Gasteiger partial charge in [-0.2, -0.15) is 0 Å². The molecular formula is C17H12ClN5O3. The molecule has 0 spiro atoms. The van der Waals surface area contributed by atoms with Crippen molar-refractivity contribution in [1.82, 2.24) is 20.1 Å². The molecule has 9 heteroatoms. The van der Waals surface area contributed by atoms with E-state index in [2.05, 4.69) is 25.4 Å². The van der Waals surface area contributed by atoms with Crippen LogP contribution < -0.4 is 11.0 Å². The Kier molecular flexibility index (Phi) is 3.81. The Labute approximate surface area is 151 Å². The molecule has 0 unspecified atom stereocenters. The number of aromatic amines is 2. The Hall–Kier alpha value is -3.39. The fourth-order valence-corrected chi connectivity index (χ4v) is 2.75. The predicted molar refractivity (Wildman–Crippen MR) is 96.4 cm³/mol. The molecule has 1 amide bonds. The molecule has 130 valence electrons. The molecule has 0 radical (unpaired) electrons. The van der Waals surface area contributed by atoms with Gasteiger partial charge in [0.1, 0.15) is 0 Å². The number of pyridine rings is 1. The molecule has 4 rings (SSSR count). The number of H-pyrrole nitrogens is 2. The fourth-order valence-electron chi connectivity index (χ4n) is 2.59. The number of amides is 1. The lowest BCUT2D eigenvalue weighted by molar-refractivity contribution is 0.101. The molecule has 0 aliphatic rings. The van der Waals surface area contributed by atoms with Crippen molar-refractivity contribution >= 4 is 34.2 Å². The summed E-state index contributed by atoms with van der Waals surface area (Å²) in [6.07, 6.45) is 1.50. The van der Waals surface area contributed by atoms with Crippen LogP contribution in [0, 0.1) is 6.92 Å². The molecule has 0 saturated carbocycles. The second-order valence-corrected chi connectivity index (χ2v) is 6.06. The average Bonchev–Trinajstić information content (AvgIpc) is 3.23. The third kappa shape index (κ3) is 2.86. The third-order valence-corrected chi connectivity index (χ3v) is 4.07. The van der Waals surface area contributed by atoms with Crippen LogP contribution in [0.2, 0.25) is 5.02 Å². The summed E-state index contributed by atoms with van der Waals surface area (Å²) in [5.74, 6) is -0.0983. The van der Waals surface area contributed by atoms with Gasteiger partial charge in [-0.25, -0.2) is 4.79 Å². The number of fused-ring (bicyclic) bond motifs is 1. The number of benzene rings is 1. The summed E-state index contributed by atoms with van der Waals surface area (Å²) in [7, 11) is 0. The zero-order valence-corrected chi connectivity index (χ0v) is 14.2. The molecule has 4 aromatic rings. The molecule has 8 nitrogen and oxygen atoms in total. The van der Waals surface area contributed by atoms with E-state index in [4.69, 9.17) is 16.1 Å². The first kappa shape index (κ1) is 16.1. The van der Waals surface area contributed by atoms with Gasteiger partial charge < -0.3 is 19.8 Å². The number of hydrogen-bond donors (Lipinski definition) is 3. The highest BCUT2D eigenvalue weighted by atomic mass is 35.5. The minimum atomic E-state index is -0.457. The van der Waals surface area contributed by atoms with Gasteiger partial charge in [-0.3, -0.25) is 9.78 Å². The Morgan fingerprint density at radius 2 is 2.12 bits per heavy atom. The van der Waals surface area contributed by atoms with Gasteiger partial charge in [0.15, 0.2) is 11.5 Å². The van der Waals surface area contributed by atoms with Gasteiger partial charge in [-0.15, -0.1) is 0 Å². The summed E-state index contributed by atoms with van der Waals surface area (Å²) < 4.78 is 5.29. The second kappa shape index (κ2) is 6.16. The number of aryl methyl sites for hydroxylation is 1. The SMILES string of the molecule is Cc1ncc(Cl)cc1NC(=O)c1cc(-c2cccc3[nH]c(=O)[nH]c23)on1. The lowest BCUT2D eigenvalue weighted by atomic mass is 10.1. The maximum Gasteiger partial charge on any atom is 0.323 e. The maximum absolute atomic E-state index is 12.4. The largest absolute Gasteiger partial charge is 0.355 e. The number of halogens is 1. The molecule has 3 heterocycles. The second-order valence-electron chi connectivity index (χ2n) is 5.62. The van der Waals surface area contributed by atoms with E-state index >= 15 is 0 Å². The fraction of sp³-hybridized carbons (Fsp3) is 0.0588. The Morgan fingerprint density at radius 1 is 1.27 bits per heavy atom. The molecule has 0 bridgehead atoms. The van der Waals surface area contributed by atoms with Gasteiger partial charge in [0.05, 0.1) is 27.4 Å². The van der Waals surface area contributed by atoms with Crippen LogP contribution in [0.1, 0.15) is 16.2 Å². The third-order valence-electron chi connectivity index (χ3n) is 3.86. The number of carbonyl (C=O) groups excluding carboxylic acids is 1. The van der Waals surface area contributed by atoms with E-state index < -0.39 is 5.91 Å². The van der Waals surface area contributed by atoms with Crippen LogP contribution in [-0.4, -0.2) is 26.0 Å². The number of nitrogens with zero attached hydrogens (tertiary/aromatic N) is 2. The van der Waals surface area contributed by atoms with E-state index in [1.807, 2.05) is 0 Å². The summed E-state index contributed by atoms with van der Waals surface area (Å²) in [5.41, 5.74) is 2.72. The van der Waals surface area contributed by atoms with Crippen molar-refractivity contribution < 1.29 is 9.32 Å². The van der Waals surface area contributed by atoms with Crippen LogP contribution >= 0.6 is 11.6 Å². The van der Waals surface area contributed by atoms with E-state index in [1.165, 1.54) is 12.3 Å². The monoisotopic (exact) mass is 369 g/mol. The van der Waals surface area contributed by atoms with Crippen molar-refractivity contribution in [2.75, 3.05) is 5.32 Å². The minimum Gasteiger partial charge on any atom is -0.355 e. The molecule has 0 fully saturated rings. The lowest BCUT2D eigenvalue weighted by Gasteiger charge is -2.05. The normalized spacial score (nSPS) is 11.0. The van der Waals surface area contributed by atoms with Crippen LogP contribution in [0.3, 0.4) is 0 Å². The maximum atomic E-state index is 12.4. The Morgan fingerprint density at radius 3 is 2.96 bits per heavy atom. The van der Waals surface area contributed by atoms with Gasteiger partial charge >= 0.3 is 5.69 Å². The van der Waals surface area contributed by atoms with Crippen LogP contribution in [0.5, 0.6) is 0 Å². The van der Waals surface area contributed by atoms with Gasteiger partial charge in [0.25, 0.3) is 5.91 Å². The molecule has 3 aromatic heterocycles. The molecule has 0 aliphatic carbocycles. The topological polar surface area (TPSA) is 117 Å². The van der Waals surface area contributed by atoms with Crippen molar-refractivity contribution in [3.8, 4) is 11.3 Å². The quantitative estimate of drug-likeness (QED) is 0.513. The number of nitrogens with one attached hydrogen (secondary N) is 3. The molecule has 0 atom stereocenters. The van der Waals surface area contributed by atoms with Crippen LogP contribution in [0.4, 0.5) is 5.69 Å². The number of hydrogen-bond acceptors (Lipinski definition) is 5. The first-order valence-electron chi connectivity index (χ1n) is 7.63. The van der Waals surface area contributed by atoms with Gasteiger partial charge in [-0.1, -0.05) is 22.8 Å². The molecule has 0 saturated heterocycles. The summed E-state index contributed by atoms with van der Waals surface area (Å²) in [6.45, 7) is 1.75. The van der Waals surface area contributed by atoms with Crippen molar-refractivity contribution in [2.45, 2.75) is 6.92 Å². The number of rotatable bonds is 3. The summed E-state index contributed by atoms with van der Waals surface area (Å²) in [5, 5.41) is 6.92. The number of carbonyl (C=O) groups is 1. The number of imidazole rings is 1. The van der Waals surface area contributed by atoms with E-state index in [0.717, 1.165) is 0 Å². The Balaban J connectivity index is 1.66. The summed E-state index contributed by atoms with van der Waals surface area (Å²) >= 11 is 5.91. The average molecular weight is 370 g/mol. The van der Waals surface area contributed by atoms with Crippen LogP contribution in [-0.2, 0) is 0 Å². The van der Waals surface area contributed by atoms with E-state index in [1.54, 1.807) is 31.2 Å². The number of anilines is 1. The summed E-state index contributed by atoms with van der Waals surface area (Å²) in [6, 6.07) is 8.40. The smallest absolute Gasteiger partial charge is 0.323 e. The van der Waals surface area contributed by atoms with Crippen molar-refractivity contribution in [1.29, 1.82) is 0 Å². The molecule has 1 aromatic carbocycles. The van der Waals surface area contributed by atoms with E-state index in [0.29, 0.717) is 38.8 Å². The highest BCUT2D eigenvalue weighted by molar-refractivity contribution is 6.30. The van der Waals surface area contributed by atoms with Crippen LogP contribution in [0.15, 0.2) is 45.8 Å². The van der Waals surface area contributed by atoms with Crippen molar-refractivity contribution in [3.05, 3.63) is 63.4 Å². The first-order valence-corrected chi connectivity index (χ1v) is 8.00. The molecular weight excluding hydrogens is 358 g/mol. The zero-order valence-electron chi connectivity index (χ0n) is 13.5. The highest BCUT2D eigenvalue weighted by Gasteiger charge is 2.17. The van der Waals surface area contributed by atoms with Gasteiger partial charge in [0.2, 0.25) is 0 Å². The standard InChI is InChI=1S/C17H12ClN5O3/c1-8-12(5-9(18)7-19-8)20-16(24)13-6-14(26-23-13)10-3-2-4-11-15(10)22-17(25)21-11/h2-7H,1H3,(H,20,24)(H2,21,22,25). The Bertz CT molecular complexity index is 1190. The van der Waals surface area contributed by atoms with Crippen molar-refractivity contribution in [2.24, 2.45) is 0 Å². The summed E-state index contributed by atoms with van der Waals surface area (Å²) in [4.78, 5) is 33.4.